The molecule has 18 heavy (non-hydrogen) atoms. The van der Waals surface area contributed by atoms with Crippen LogP contribution in [0.2, 0.25) is 0 Å². The second kappa shape index (κ2) is 6.36. The molecule has 4 heteroatoms. The highest BCUT2D eigenvalue weighted by Crippen LogP contribution is 2.30. The molecule has 0 spiro atoms. The lowest BCUT2D eigenvalue weighted by atomic mass is 10.1. The SMILES string of the molecule is CCNC(C)c1ccc(Sc2nc(C)cs2)cc1. The standard InChI is InChI=1S/C14H18N2S2/c1-4-15-11(3)12-5-7-13(8-6-12)18-14-16-10(2)9-17-14/h5-9,11,15H,4H2,1-3H3. The molecule has 1 aromatic heterocycles. The quantitative estimate of drug-likeness (QED) is 0.884. The van der Waals surface area contributed by atoms with Crippen molar-refractivity contribution in [3.05, 3.63) is 40.9 Å². The molecule has 1 aromatic carbocycles. The minimum absolute atomic E-state index is 0.413. The summed E-state index contributed by atoms with van der Waals surface area (Å²) < 4.78 is 1.11. The number of hydrogen-bond donors (Lipinski definition) is 1. The molecule has 0 aliphatic rings. The van der Waals surface area contributed by atoms with Gasteiger partial charge in [0, 0.05) is 22.0 Å². The van der Waals surface area contributed by atoms with Gasteiger partial charge in [0.1, 0.15) is 0 Å². The van der Waals surface area contributed by atoms with E-state index in [4.69, 9.17) is 0 Å². The van der Waals surface area contributed by atoms with Crippen LogP contribution in [0.4, 0.5) is 0 Å². The number of nitrogens with zero attached hydrogens (tertiary/aromatic N) is 1. The topological polar surface area (TPSA) is 24.9 Å². The lowest BCUT2D eigenvalue weighted by Crippen LogP contribution is -2.17. The summed E-state index contributed by atoms with van der Waals surface area (Å²) in [6.45, 7) is 7.35. The molecule has 1 N–H and O–H groups in total. The van der Waals surface area contributed by atoms with Gasteiger partial charge in [0.25, 0.3) is 0 Å². The van der Waals surface area contributed by atoms with Crippen molar-refractivity contribution in [2.75, 3.05) is 6.54 Å². The van der Waals surface area contributed by atoms with Crippen LogP contribution in [-0.4, -0.2) is 11.5 Å². The van der Waals surface area contributed by atoms with Crippen molar-refractivity contribution in [2.24, 2.45) is 0 Å². The highest BCUT2D eigenvalue weighted by molar-refractivity contribution is 8.01. The fourth-order valence-electron chi connectivity index (χ4n) is 1.73. The van der Waals surface area contributed by atoms with Crippen LogP contribution in [-0.2, 0) is 0 Å². The van der Waals surface area contributed by atoms with Gasteiger partial charge in [-0.05, 0) is 38.1 Å². The van der Waals surface area contributed by atoms with Crippen LogP contribution in [0, 0.1) is 6.92 Å². The molecule has 1 atom stereocenters. The Balaban J connectivity index is 2.03. The Morgan fingerprint density at radius 1 is 1.33 bits per heavy atom. The van der Waals surface area contributed by atoms with Gasteiger partial charge in [-0.1, -0.05) is 30.8 Å². The summed E-state index contributed by atoms with van der Waals surface area (Å²) in [6.07, 6.45) is 0. The zero-order chi connectivity index (χ0) is 13.0. The first-order chi connectivity index (χ1) is 8.69. The van der Waals surface area contributed by atoms with Crippen LogP contribution in [0.3, 0.4) is 0 Å². The third-order valence-corrected chi connectivity index (χ3v) is 4.76. The Labute approximate surface area is 117 Å². The fraction of sp³-hybridized carbons (Fsp3) is 0.357. The third-order valence-electron chi connectivity index (χ3n) is 2.69. The Bertz CT molecular complexity index is 491. The Morgan fingerprint density at radius 3 is 2.61 bits per heavy atom. The monoisotopic (exact) mass is 278 g/mol. The predicted molar refractivity (Wildman–Crippen MR) is 79.5 cm³/mol. The van der Waals surface area contributed by atoms with Crippen LogP contribution in [0.5, 0.6) is 0 Å². The van der Waals surface area contributed by atoms with E-state index < -0.39 is 0 Å². The second-order valence-corrected chi connectivity index (χ2v) is 6.38. The molecule has 2 rings (SSSR count). The van der Waals surface area contributed by atoms with Crippen molar-refractivity contribution < 1.29 is 0 Å². The molecule has 2 nitrogen and oxygen atoms in total. The van der Waals surface area contributed by atoms with E-state index in [1.54, 1.807) is 23.1 Å². The minimum Gasteiger partial charge on any atom is -0.310 e. The molecule has 0 saturated heterocycles. The number of aryl methyl sites for hydroxylation is 1. The number of hydrogen-bond acceptors (Lipinski definition) is 4. The summed E-state index contributed by atoms with van der Waals surface area (Å²) in [6, 6.07) is 9.14. The van der Waals surface area contributed by atoms with Gasteiger partial charge in [0.2, 0.25) is 0 Å². The van der Waals surface area contributed by atoms with E-state index in [1.807, 2.05) is 6.92 Å². The molecule has 96 valence electrons. The Morgan fingerprint density at radius 2 is 2.06 bits per heavy atom. The van der Waals surface area contributed by atoms with E-state index in [1.165, 1.54) is 10.5 Å². The lowest BCUT2D eigenvalue weighted by molar-refractivity contribution is 0.598. The van der Waals surface area contributed by atoms with Gasteiger partial charge in [-0.2, -0.15) is 0 Å². The first-order valence-electron chi connectivity index (χ1n) is 6.12. The zero-order valence-corrected chi connectivity index (χ0v) is 12.6. The summed E-state index contributed by atoms with van der Waals surface area (Å²) in [4.78, 5) is 5.71. The zero-order valence-electron chi connectivity index (χ0n) is 10.9. The summed E-state index contributed by atoms with van der Waals surface area (Å²) >= 11 is 3.43. The fourth-order valence-corrected chi connectivity index (χ4v) is 3.54. The highest BCUT2D eigenvalue weighted by Gasteiger charge is 2.05. The summed E-state index contributed by atoms with van der Waals surface area (Å²) in [5.74, 6) is 0. The average Bonchev–Trinajstić information content (AvgIpc) is 2.76. The number of benzene rings is 1. The van der Waals surface area contributed by atoms with Crippen LogP contribution >= 0.6 is 23.1 Å². The maximum atomic E-state index is 4.46. The number of aromatic nitrogens is 1. The number of rotatable bonds is 5. The summed E-state index contributed by atoms with van der Waals surface area (Å²) in [7, 11) is 0. The van der Waals surface area contributed by atoms with Crippen LogP contribution < -0.4 is 5.32 Å². The third kappa shape index (κ3) is 3.57. The first kappa shape index (κ1) is 13.6. The second-order valence-electron chi connectivity index (χ2n) is 4.21. The van der Waals surface area contributed by atoms with Crippen molar-refractivity contribution in [3.8, 4) is 0 Å². The van der Waals surface area contributed by atoms with E-state index in [0.29, 0.717) is 6.04 Å². The Kier molecular flexibility index (Phi) is 4.80. The summed E-state index contributed by atoms with van der Waals surface area (Å²) in [5, 5.41) is 5.50. The van der Waals surface area contributed by atoms with E-state index in [9.17, 15) is 0 Å². The van der Waals surface area contributed by atoms with Gasteiger partial charge in [-0.25, -0.2) is 4.98 Å². The summed E-state index contributed by atoms with van der Waals surface area (Å²) in [5.41, 5.74) is 2.43. The van der Waals surface area contributed by atoms with Crippen LogP contribution in [0.1, 0.15) is 31.1 Å². The van der Waals surface area contributed by atoms with Gasteiger partial charge in [0.05, 0.1) is 0 Å². The van der Waals surface area contributed by atoms with Gasteiger partial charge >= 0.3 is 0 Å². The maximum Gasteiger partial charge on any atom is 0.154 e. The van der Waals surface area contributed by atoms with E-state index in [-0.39, 0.29) is 0 Å². The van der Waals surface area contributed by atoms with E-state index >= 15 is 0 Å². The molecule has 0 saturated carbocycles. The molecule has 0 fully saturated rings. The van der Waals surface area contributed by atoms with Crippen molar-refractivity contribution in [2.45, 2.75) is 36.0 Å². The van der Waals surface area contributed by atoms with Gasteiger partial charge in [0.15, 0.2) is 4.34 Å². The molecule has 0 bridgehead atoms. The molecule has 0 aliphatic heterocycles. The van der Waals surface area contributed by atoms with Gasteiger partial charge in [-0.15, -0.1) is 11.3 Å². The smallest absolute Gasteiger partial charge is 0.154 e. The van der Waals surface area contributed by atoms with E-state index in [0.717, 1.165) is 16.6 Å². The molecule has 0 radical (unpaired) electrons. The largest absolute Gasteiger partial charge is 0.310 e. The Hall–Kier alpha value is -0.840. The minimum atomic E-state index is 0.413. The molecule has 0 amide bonds. The molecule has 0 aliphatic carbocycles. The maximum absolute atomic E-state index is 4.46. The lowest BCUT2D eigenvalue weighted by Gasteiger charge is -2.12. The molecule has 2 aromatic rings. The number of thiazole rings is 1. The van der Waals surface area contributed by atoms with E-state index in [2.05, 4.69) is 53.8 Å². The average molecular weight is 278 g/mol. The van der Waals surface area contributed by atoms with Gasteiger partial charge < -0.3 is 5.32 Å². The first-order valence-corrected chi connectivity index (χ1v) is 7.82. The van der Waals surface area contributed by atoms with Crippen LogP contribution in [0.25, 0.3) is 0 Å². The molecular formula is C14H18N2S2. The molecule has 1 heterocycles. The van der Waals surface area contributed by atoms with Crippen molar-refractivity contribution >= 4 is 23.1 Å². The van der Waals surface area contributed by atoms with Crippen LogP contribution in [0.15, 0.2) is 38.9 Å². The molecule has 1 unspecified atom stereocenters. The highest BCUT2D eigenvalue weighted by atomic mass is 32.2. The van der Waals surface area contributed by atoms with Gasteiger partial charge in [-0.3, -0.25) is 0 Å². The van der Waals surface area contributed by atoms with Crippen molar-refractivity contribution in [1.29, 1.82) is 0 Å². The number of nitrogens with one attached hydrogen (secondary N) is 1. The van der Waals surface area contributed by atoms with Crippen molar-refractivity contribution in [1.82, 2.24) is 10.3 Å². The van der Waals surface area contributed by atoms with Crippen molar-refractivity contribution in [3.63, 3.8) is 0 Å². The predicted octanol–water partition coefficient (Wildman–Crippen LogP) is 4.27. The normalized spacial score (nSPS) is 12.6. The molecular weight excluding hydrogens is 260 g/mol.